The number of amides is 1. The van der Waals surface area contributed by atoms with Crippen molar-refractivity contribution in [3.8, 4) is 5.75 Å². The second-order valence-electron chi connectivity index (χ2n) is 10.6. The van der Waals surface area contributed by atoms with Crippen LogP contribution < -0.4 is 4.74 Å². The Morgan fingerprint density at radius 3 is 2.70 bits per heavy atom. The number of para-hydroxylation sites is 1. The maximum atomic E-state index is 14.1. The molecule has 2 aliphatic carbocycles. The van der Waals surface area contributed by atoms with Gasteiger partial charge in [0, 0.05) is 18.6 Å². The third-order valence-electron chi connectivity index (χ3n) is 8.38. The molecule has 1 aromatic carbocycles. The molecule has 5 atom stereocenters. The summed E-state index contributed by atoms with van der Waals surface area (Å²) < 4.78 is 45.9. The minimum absolute atomic E-state index is 0.0340. The van der Waals surface area contributed by atoms with Gasteiger partial charge in [0.1, 0.15) is 6.61 Å². The lowest BCUT2D eigenvalue weighted by molar-refractivity contribution is -0.129. The van der Waals surface area contributed by atoms with Gasteiger partial charge in [-0.2, -0.15) is 0 Å². The first-order valence-corrected chi connectivity index (χ1v) is 16.0. The highest BCUT2D eigenvalue weighted by molar-refractivity contribution is 7.99. The summed E-state index contributed by atoms with van der Waals surface area (Å²) in [5.41, 5.74) is 0. The molecule has 1 amide bonds. The van der Waals surface area contributed by atoms with Gasteiger partial charge in [-0.1, -0.05) is 30.3 Å². The van der Waals surface area contributed by atoms with Gasteiger partial charge in [-0.3, -0.25) is 9.36 Å². The van der Waals surface area contributed by atoms with E-state index >= 15 is 0 Å². The van der Waals surface area contributed by atoms with Crippen molar-refractivity contribution in [1.82, 2.24) is 19.7 Å². The molecule has 11 heteroatoms. The summed E-state index contributed by atoms with van der Waals surface area (Å²) in [5, 5.41) is 9.46. The van der Waals surface area contributed by atoms with Gasteiger partial charge in [0.2, 0.25) is 5.91 Å². The van der Waals surface area contributed by atoms with Gasteiger partial charge in [0.05, 0.1) is 17.3 Å². The lowest BCUT2D eigenvalue weighted by Gasteiger charge is -2.30. The van der Waals surface area contributed by atoms with Gasteiger partial charge in [-0.05, 0) is 69.4 Å². The molecular weight excluding hydrogens is 515 g/mol. The smallest absolute Gasteiger partial charge is 0.233 e. The molecule has 0 unspecified atom stereocenters. The topological polar surface area (TPSA) is 94.4 Å². The number of halogens is 1. The molecule has 2 heterocycles. The predicted molar refractivity (Wildman–Crippen MR) is 140 cm³/mol. The minimum Gasteiger partial charge on any atom is -0.483 e. The molecule has 0 radical (unpaired) electrons. The van der Waals surface area contributed by atoms with Crippen molar-refractivity contribution in [3.63, 3.8) is 0 Å². The van der Waals surface area contributed by atoms with Crippen molar-refractivity contribution >= 4 is 27.5 Å². The number of aromatic nitrogens is 3. The Labute approximate surface area is 222 Å². The van der Waals surface area contributed by atoms with E-state index in [0.29, 0.717) is 35.8 Å². The van der Waals surface area contributed by atoms with Crippen molar-refractivity contribution in [1.29, 1.82) is 0 Å². The second-order valence-corrected chi connectivity index (χ2v) is 13.8. The molecule has 202 valence electrons. The van der Waals surface area contributed by atoms with E-state index in [1.807, 2.05) is 6.92 Å². The van der Waals surface area contributed by atoms with Crippen molar-refractivity contribution in [2.75, 3.05) is 23.8 Å². The van der Waals surface area contributed by atoms with Crippen LogP contribution in [0.4, 0.5) is 4.39 Å². The first-order valence-electron chi connectivity index (χ1n) is 13.2. The van der Waals surface area contributed by atoms with Crippen molar-refractivity contribution in [2.45, 2.75) is 69.8 Å². The van der Waals surface area contributed by atoms with Gasteiger partial charge >= 0.3 is 0 Å². The fraction of sp³-hybridized carbons (Fsp3) is 0.654. The zero-order valence-electron chi connectivity index (χ0n) is 21.4. The van der Waals surface area contributed by atoms with Crippen LogP contribution in [0, 0.1) is 23.6 Å². The summed E-state index contributed by atoms with van der Waals surface area (Å²) in [7, 11) is -3.08. The number of rotatable bonds is 10. The number of nitrogens with zero attached hydrogens (tertiary/aromatic N) is 4. The molecule has 8 nitrogen and oxygen atoms in total. The standard InChI is InChI=1S/C26H35FN4O4S2/c1-3-30(20-10-11-37(33,34)16-20)25(32)15-36-26-29-28-24(14-35-23-7-5-4-6-22(23)27)31(26)17(2)21-13-18-8-9-19(21)12-18/h4-7,17-21H,3,8-16H2,1-2H3/t17-,18+,19+,20-,21-/m0/s1. The van der Waals surface area contributed by atoms with Crippen LogP contribution in [0.15, 0.2) is 29.4 Å². The van der Waals surface area contributed by atoms with Gasteiger partial charge < -0.3 is 9.64 Å². The maximum absolute atomic E-state index is 14.1. The number of sulfone groups is 1. The molecule has 0 N–H and O–H groups in total. The Morgan fingerprint density at radius 2 is 2.05 bits per heavy atom. The summed E-state index contributed by atoms with van der Waals surface area (Å²) >= 11 is 1.33. The largest absolute Gasteiger partial charge is 0.483 e. The summed E-state index contributed by atoms with van der Waals surface area (Å²) in [6.45, 7) is 4.62. The van der Waals surface area contributed by atoms with Gasteiger partial charge in [-0.25, -0.2) is 12.8 Å². The van der Waals surface area contributed by atoms with Crippen molar-refractivity contribution in [2.24, 2.45) is 17.8 Å². The summed E-state index contributed by atoms with van der Waals surface area (Å²) in [6.07, 6.45) is 5.50. The number of benzene rings is 1. The Bertz CT molecular complexity index is 1240. The number of carbonyl (C=O) groups is 1. The third kappa shape index (κ3) is 5.67. The van der Waals surface area contributed by atoms with Gasteiger partial charge in [0.15, 0.2) is 32.4 Å². The van der Waals surface area contributed by atoms with Crippen LogP contribution >= 0.6 is 11.8 Å². The Balaban J connectivity index is 1.33. The van der Waals surface area contributed by atoms with E-state index in [1.54, 1.807) is 23.1 Å². The molecule has 3 fully saturated rings. The Kier molecular flexibility index (Phi) is 7.81. The molecular formula is C26H35FN4O4S2. The van der Waals surface area contributed by atoms with E-state index < -0.39 is 15.7 Å². The monoisotopic (exact) mass is 550 g/mol. The lowest BCUT2D eigenvalue weighted by atomic mass is 9.84. The second kappa shape index (κ2) is 10.9. The summed E-state index contributed by atoms with van der Waals surface area (Å²) in [5.74, 6) is 2.55. The number of hydrogen-bond acceptors (Lipinski definition) is 7. The first kappa shape index (κ1) is 26.5. The zero-order chi connectivity index (χ0) is 26.2. The van der Waals surface area contributed by atoms with Crippen LogP contribution in [-0.4, -0.2) is 63.8 Å². The van der Waals surface area contributed by atoms with E-state index in [4.69, 9.17) is 4.74 Å². The van der Waals surface area contributed by atoms with Crippen LogP contribution in [0.5, 0.6) is 5.75 Å². The minimum atomic E-state index is -3.08. The van der Waals surface area contributed by atoms with E-state index in [-0.39, 0.29) is 47.6 Å². The number of fused-ring (bicyclic) bond motifs is 2. The normalized spacial score (nSPS) is 26.9. The third-order valence-corrected chi connectivity index (χ3v) is 11.1. The van der Waals surface area contributed by atoms with Crippen LogP contribution in [0.1, 0.15) is 57.8 Å². The van der Waals surface area contributed by atoms with Crippen molar-refractivity contribution in [3.05, 3.63) is 35.9 Å². The maximum Gasteiger partial charge on any atom is 0.233 e. The van der Waals surface area contributed by atoms with Crippen LogP contribution in [0.3, 0.4) is 0 Å². The number of hydrogen-bond donors (Lipinski definition) is 0. The molecule has 1 aromatic heterocycles. The quantitative estimate of drug-likeness (QED) is 0.411. The molecule has 1 aliphatic heterocycles. The first-order chi connectivity index (χ1) is 17.8. The van der Waals surface area contributed by atoms with E-state index in [0.717, 1.165) is 5.92 Å². The van der Waals surface area contributed by atoms with E-state index in [2.05, 4.69) is 21.7 Å². The molecule has 37 heavy (non-hydrogen) atoms. The average Bonchev–Trinajstić information content (AvgIpc) is 3.66. The molecule has 5 rings (SSSR count). The van der Waals surface area contributed by atoms with Crippen LogP contribution in [-0.2, 0) is 21.2 Å². The number of thioether (sulfide) groups is 1. The lowest BCUT2D eigenvalue weighted by Crippen LogP contribution is -2.42. The molecule has 2 bridgehead atoms. The molecule has 0 spiro atoms. The van der Waals surface area contributed by atoms with E-state index in [9.17, 15) is 17.6 Å². The van der Waals surface area contributed by atoms with Crippen LogP contribution in [0.2, 0.25) is 0 Å². The number of carbonyl (C=O) groups excluding carboxylic acids is 1. The van der Waals surface area contributed by atoms with Crippen molar-refractivity contribution < 1.29 is 22.3 Å². The molecule has 2 saturated carbocycles. The fourth-order valence-corrected chi connectivity index (χ4v) is 9.22. The predicted octanol–water partition coefficient (Wildman–Crippen LogP) is 4.12. The Hall–Kier alpha value is -2.14. The fourth-order valence-electron chi connectivity index (χ4n) is 6.56. The highest BCUT2D eigenvalue weighted by atomic mass is 32.2. The molecule has 2 aromatic rings. The highest BCUT2D eigenvalue weighted by Crippen LogP contribution is 2.52. The highest BCUT2D eigenvalue weighted by Gasteiger charge is 2.43. The summed E-state index contributed by atoms with van der Waals surface area (Å²) in [6, 6.07) is 6.16. The van der Waals surface area contributed by atoms with Gasteiger partial charge in [-0.15, -0.1) is 10.2 Å². The average molecular weight is 551 g/mol. The van der Waals surface area contributed by atoms with Crippen LogP contribution in [0.25, 0.3) is 0 Å². The van der Waals surface area contributed by atoms with Gasteiger partial charge in [0.25, 0.3) is 0 Å². The molecule has 3 aliphatic rings. The number of ether oxygens (including phenoxy) is 1. The zero-order valence-corrected chi connectivity index (χ0v) is 23.0. The summed E-state index contributed by atoms with van der Waals surface area (Å²) in [4.78, 5) is 14.8. The van der Waals surface area contributed by atoms with E-state index in [1.165, 1.54) is 43.5 Å². The Morgan fingerprint density at radius 1 is 1.24 bits per heavy atom. The molecule has 1 saturated heterocycles. The SMILES string of the molecule is CCN(C(=O)CSc1nnc(COc2ccccc2F)n1[C@@H](C)[C@@H]1C[C@@H]2CC[C@@H]1C2)[C@H]1CCS(=O)(=O)C1.